The highest BCUT2D eigenvalue weighted by atomic mass is 16.5. The van der Waals surface area contributed by atoms with Gasteiger partial charge in [0, 0.05) is 7.11 Å². The van der Waals surface area contributed by atoms with Gasteiger partial charge in [-0.3, -0.25) is 0 Å². The summed E-state index contributed by atoms with van der Waals surface area (Å²) >= 11 is 0. The first-order valence-electron chi connectivity index (χ1n) is 11.6. The standard InChI is InChI=1S/C24H42O2/c1-5-6-12-24(25)15-14-22(2)17(16-24)7-8-18-19-9-10-21(26-4)23(19,3)13-11-20(18)22/h17-21,25H,5-16H2,1-4H3/t17?,18?,19?,20?,21-,22-,23-,24+/m0/s1. The third kappa shape index (κ3) is 2.81. The van der Waals surface area contributed by atoms with Crippen LogP contribution in [0.3, 0.4) is 0 Å². The Morgan fingerprint density at radius 3 is 2.42 bits per heavy atom. The Hall–Kier alpha value is -0.0800. The Morgan fingerprint density at radius 2 is 1.69 bits per heavy atom. The van der Waals surface area contributed by atoms with Crippen LogP contribution in [-0.4, -0.2) is 23.9 Å². The van der Waals surface area contributed by atoms with Crippen LogP contribution in [-0.2, 0) is 4.74 Å². The smallest absolute Gasteiger partial charge is 0.0650 e. The third-order valence-electron chi connectivity index (χ3n) is 10.0. The second kappa shape index (κ2) is 6.76. The molecule has 4 aliphatic carbocycles. The largest absolute Gasteiger partial charge is 0.390 e. The van der Waals surface area contributed by atoms with Crippen LogP contribution in [0.25, 0.3) is 0 Å². The fourth-order valence-corrected chi connectivity index (χ4v) is 8.39. The molecule has 0 amide bonds. The van der Waals surface area contributed by atoms with Crippen LogP contribution in [0.2, 0.25) is 0 Å². The van der Waals surface area contributed by atoms with Gasteiger partial charge in [0.05, 0.1) is 11.7 Å². The van der Waals surface area contributed by atoms with Crippen molar-refractivity contribution in [3.8, 4) is 0 Å². The lowest BCUT2D eigenvalue weighted by molar-refractivity contribution is -0.158. The molecule has 4 fully saturated rings. The van der Waals surface area contributed by atoms with Crippen LogP contribution < -0.4 is 0 Å². The maximum atomic E-state index is 11.2. The Labute approximate surface area is 161 Å². The molecule has 0 aromatic heterocycles. The van der Waals surface area contributed by atoms with Crippen molar-refractivity contribution in [3.63, 3.8) is 0 Å². The van der Waals surface area contributed by atoms with Gasteiger partial charge in [0.1, 0.15) is 0 Å². The molecular weight excluding hydrogens is 320 g/mol. The van der Waals surface area contributed by atoms with Crippen molar-refractivity contribution in [1.82, 2.24) is 0 Å². The average Bonchev–Trinajstić information content (AvgIpc) is 2.97. The van der Waals surface area contributed by atoms with E-state index in [1.54, 1.807) is 0 Å². The molecule has 2 nitrogen and oxygen atoms in total. The molecule has 0 aliphatic heterocycles. The monoisotopic (exact) mass is 362 g/mol. The number of rotatable bonds is 4. The van der Waals surface area contributed by atoms with Gasteiger partial charge in [-0.1, -0.05) is 33.6 Å². The van der Waals surface area contributed by atoms with Crippen molar-refractivity contribution in [2.75, 3.05) is 7.11 Å². The summed E-state index contributed by atoms with van der Waals surface area (Å²) in [4.78, 5) is 0. The maximum absolute atomic E-state index is 11.2. The zero-order chi connectivity index (χ0) is 18.6. The molecule has 0 aromatic rings. The number of aliphatic hydroxyl groups is 1. The van der Waals surface area contributed by atoms with Gasteiger partial charge < -0.3 is 9.84 Å². The van der Waals surface area contributed by atoms with Gasteiger partial charge in [0.25, 0.3) is 0 Å². The van der Waals surface area contributed by atoms with E-state index in [0.29, 0.717) is 16.9 Å². The van der Waals surface area contributed by atoms with Crippen LogP contribution in [0.5, 0.6) is 0 Å². The summed E-state index contributed by atoms with van der Waals surface area (Å²) in [6.07, 6.45) is 15.5. The van der Waals surface area contributed by atoms with Gasteiger partial charge in [-0.15, -0.1) is 0 Å². The van der Waals surface area contributed by atoms with Gasteiger partial charge >= 0.3 is 0 Å². The highest BCUT2D eigenvalue weighted by molar-refractivity contribution is 5.10. The number of unbranched alkanes of at least 4 members (excludes halogenated alkanes) is 1. The minimum Gasteiger partial charge on any atom is -0.390 e. The molecule has 4 unspecified atom stereocenters. The summed E-state index contributed by atoms with van der Waals surface area (Å²) in [5.41, 5.74) is 0.550. The minimum atomic E-state index is -0.356. The van der Waals surface area contributed by atoms with Crippen molar-refractivity contribution >= 4 is 0 Å². The zero-order valence-electron chi connectivity index (χ0n) is 17.7. The van der Waals surface area contributed by atoms with Crippen LogP contribution in [0.1, 0.15) is 97.8 Å². The number of hydrogen-bond acceptors (Lipinski definition) is 2. The van der Waals surface area contributed by atoms with Crippen LogP contribution in [0.15, 0.2) is 0 Å². The lowest BCUT2D eigenvalue weighted by Gasteiger charge is -2.62. The highest BCUT2D eigenvalue weighted by Crippen LogP contribution is 2.67. The number of hydrogen-bond donors (Lipinski definition) is 1. The van der Waals surface area contributed by atoms with E-state index in [-0.39, 0.29) is 5.60 Å². The summed E-state index contributed by atoms with van der Waals surface area (Å²) < 4.78 is 5.93. The van der Waals surface area contributed by atoms with E-state index in [4.69, 9.17) is 4.74 Å². The highest BCUT2D eigenvalue weighted by Gasteiger charge is 2.61. The fourth-order valence-electron chi connectivity index (χ4n) is 8.39. The summed E-state index contributed by atoms with van der Waals surface area (Å²) in [7, 11) is 1.93. The third-order valence-corrected chi connectivity index (χ3v) is 10.0. The van der Waals surface area contributed by atoms with Gasteiger partial charge in [-0.25, -0.2) is 0 Å². The van der Waals surface area contributed by atoms with Gasteiger partial charge in [0.2, 0.25) is 0 Å². The summed E-state index contributed by atoms with van der Waals surface area (Å²) in [6, 6.07) is 0. The van der Waals surface area contributed by atoms with Crippen molar-refractivity contribution < 1.29 is 9.84 Å². The number of fused-ring (bicyclic) bond motifs is 5. The van der Waals surface area contributed by atoms with Gasteiger partial charge in [-0.2, -0.15) is 0 Å². The molecule has 2 heteroatoms. The molecule has 150 valence electrons. The molecular formula is C24H42O2. The molecule has 4 rings (SSSR count). The van der Waals surface area contributed by atoms with E-state index in [2.05, 4.69) is 20.8 Å². The predicted molar refractivity (Wildman–Crippen MR) is 107 cm³/mol. The Bertz CT molecular complexity index is 518. The molecule has 0 heterocycles. The van der Waals surface area contributed by atoms with E-state index in [9.17, 15) is 5.11 Å². The van der Waals surface area contributed by atoms with E-state index in [1.165, 1.54) is 57.8 Å². The number of ether oxygens (including phenoxy) is 1. The normalized spacial score (nSPS) is 53.7. The average molecular weight is 363 g/mol. The summed E-state index contributed by atoms with van der Waals surface area (Å²) in [5, 5.41) is 11.2. The van der Waals surface area contributed by atoms with Crippen molar-refractivity contribution in [2.45, 2.75) is 110 Å². The first-order valence-corrected chi connectivity index (χ1v) is 11.6. The zero-order valence-corrected chi connectivity index (χ0v) is 17.7. The second-order valence-corrected chi connectivity index (χ2v) is 11.0. The summed E-state index contributed by atoms with van der Waals surface area (Å²) in [5.74, 6) is 3.44. The SMILES string of the molecule is CCCC[C@@]1(O)CC[C@@]2(C)C(CCC3C2CC[C@@]2(C)C3CC[C@@H]2OC)C1. The van der Waals surface area contributed by atoms with Crippen molar-refractivity contribution in [2.24, 2.45) is 34.5 Å². The molecule has 8 atom stereocenters. The summed E-state index contributed by atoms with van der Waals surface area (Å²) in [6.45, 7) is 7.39. The predicted octanol–water partition coefficient (Wildman–Crippen LogP) is 5.97. The lowest BCUT2D eigenvalue weighted by Crippen LogP contribution is -2.56. The molecule has 4 saturated carbocycles. The Kier molecular flexibility index (Phi) is 5.01. The molecule has 26 heavy (non-hydrogen) atoms. The van der Waals surface area contributed by atoms with Crippen LogP contribution in [0.4, 0.5) is 0 Å². The van der Waals surface area contributed by atoms with E-state index in [0.717, 1.165) is 42.9 Å². The van der Waals surface area contributed by atoms with Crippen LogP contribution >= 0.6 is 0 Å². The van der Waals surface area contributed by atoms with Gasteiger partial charge in [0.15, 0.2) is 0 Å². The van der Waals surface area contributed by atoms with Crippen LogP contribution in [0, 0.1) is 34.5 Å². The molecule has 1 N–H and O–H groups in total. The van der Waals surface area contributed by atoms with E-state index >= 15 is 0 Å². The number of methoxy groups -OCH3 is 1. The second-order valence-electron chi connectivity index (χ2n) is 11.0. The minimum absolute atomic E-state index is 0.356. The van der Waals surface area contributed by atoms with E-state index in [1.807, 2.05) is 7.11 Å². The first-order chi connectivity index (χ1) is 12.4. The quantitative estimate of drug-likeness (QED) is 0.668. The molecule has 0 aromatic carbocycles. The van der Waals surface area contributed by atoms with Crippen molar-refractivity contribution in [1.29, 1.82) is 0 Å². The van der Waals surface area contributed by atoms with Gasteiger partial charge in [-0.05, 0) is 98.7 Å². The molecule has 0 radical (unpaired) electrons. The lowest BCUT2D eigenvalue weighted by atomic mass is 9.44. The Balaban J connectivity index is 1.52. The molecule has 0 spiro atoms. The molecule has 0 bridgehead atoms. The molecule has 0 saturated heterocycles. The van der Waals surface area contributed by atoms with Crippen molar-refractivity contribution in [3.05, 3.63) is 0 Å². The van der Waals surface area contributed by atoms with E-state index < -0.39 is 0 Å². The molecule has 4 aliphatic rings. The first kappa shape index (κ1) is 19.2. The Morgan fingerprint density at radius 1 is 0.923 bits per heavy atom. The topological polar surface area (TPSA) is 29.5 Å². The fraction of sp³-hybridized carbons (Fsp3) is 1.00. The maximum Gasteiger partial charge on any atom is 0.0650 e.